The fourth-order valence-electron chi connectivity index (χ4n) is 4.73. The van der Waals surface area contributed by atoms with Crippen LogP contribution in [0.4, 0.5) is 28.0 Å². The average molecular weight is 567 g/mol. The summed E-state index contributed by atoms with van der Waals surface area (Å²) in [5.41, 5.74) is 1.74. The Hall–Kier alpha value is -3.71. The number of alkyl halides is 3. The van der Waals surface area contributed by atoms with Crippen LogP contribution in [0, 0.1) is 5.82 Å². The molecule has 1 aromatic heterocycles. The van der Waals surface area contributed by atoms with E-state index in [1.54, 1.807) is 5.01 Å². The van der Waals surface area contributed by atoms with E-state index in [4.69, 9.17) is 16.3 Å². The molecule has 2 unspecified atom stereocenters. The van der Waals surface area contributed by atoms with Crippen molar-refractivity contribution >= 4 is 29.3 Å². The number of cyclic esters (lactones) is 1. The van der Waals surface area contributed by atoms with Crippen LogP contribution in [0.5, 0.6) is 0 Å². The Kier molecular flexibility index (Phi) is 7.45. The van der Waals surface area contributed by atoms with Gasteiger partial charge in [-0.1, -0.05) is 23.2 Å². The molecule has 9 nitrogen and oxygen atoms in total. The molecule has 2 fully saturated rings. The summed E-state index contributed by atoms with van der Waals surface area (Å²) in [5.74, 6) is -1.59. The molecule has 2 aliphatic heterocycles. The molecule has 14 heteroatoms. The van der Waals surface area contributed by atoms with Crippen molar-refractivity contribution in [2.45, 2.75) is 44.1 Å². The molecule has 2 aliphatic rings. The quantitative estimate of drug-likeness (QED) is 0.423. The van der Waals surface area contributed by atoms with E-state index >= 15 is 0 Å². The molecule has 0 saturated carbocycles. The zero-order chi connectivity index (χ0) is 27.7. The molecule has 3 heterocycles. The van der Waals surface area contributed by atoms with Crippen molar-refractivity contribution in [1.29, 1.82) is 0 Å². The van der Waals surface area contributed by atoms with E-state index in [9.17, 15) is 27.2 Å². The number of halogens is 5. The zero-order valence-electron chi connectivity index (χ0n) is 20.4. The van der Waals surface area contributed by atoms with E-state index in [0.29, 0.717) is 24.2 Å². The number of nitrogens with zero attached hydrogens (tertiary/aromatic N) is 5. The minimum atomic E-state index is -4.82. The van der Waals surface area contributed by atoms with Crippen molar-refractivity contribution in [2.24, 2.45) is 0 Å². The lowest BCUT2D eigenvalue weighted by atomic mass is 9.97. The maximum absolute atomic E-state index is 14.4. The van der Waals surface area contributed by atoms with Crippen LogP contribution in [0.3, 0.4) is 0 Å². The number of benzene rings is 2. The Morgan fingerprint density at radius 3 is 2.51 bits per heavy atom. The standard InChI is InChI=1S/C25H23ClF4N6O3/c26-17-4-6-19(7-5-17)36-22(15-10-16(25(28,29)30)12-18(27)11-15)21(39-24(36)38)14-35-13-20(31-33-35)23(37)32-34-8-2-1-3-9-34/h4-7,10-13,21-22H,1-3,8-9,14H2,(H,32,37). The lowest BCUT2D eigenvalue weighted by Crippen LogP contribution is -2.45. The van der Waals surface area contributed by atoms with Gasteiger partial charge in [0.1, 0.15) is 18.0 Å². The summed E-state index contributed by atoms with van der Waals surface area (Å²) in [6, 6.07) is 6.94. The fraction of sp³-hybridized carbons (Fsp3) is 0.360. The first kappa shape index (κ1) is 26.9. The molecule has 3 aromatic rings. The predicted molar refractivity (Wildman–Crippen MR) is 131 cm³/mol. The van der Waals surface area contributed by atoms with Crippen molar-refractivity contribution < 1.29 is 31.9 Å². The first-order valence-corrected chi connectivity index (χ1v) is 12.6. The van der Waals surface area contributed by atoms with Crippen LogP contribution in [-0.4, -0.2) is 51.2 Å². The van der Waals surface area contributed by atoms with Gasteiger partial charge in [0, 0.05) is 23.8 Å². The molecule has 39 heavy (non-hydrogen) atoms. The number of carbonyl (C=O) groups is 2. The van der Waals surface area contributed by atoms with E-state index in [1.165, 1.54) is 35.1 Å². The molecule has 0 aliphatic carbocycles. The summed E-state index contributed by atoms with van der Waals surface area (Å²) in [5, 5.41) is 10.00. The third-order valence-corrected chi connectivity index (χ3v) is 6.78. The molecule has 2 aromatic carbocycles. The Morgan fingerprint density at radius 1 is 1.10 bits per heavy atom. The van der Waals surface area contributed by atoms with Gasteiger partial charge in [0.15, 0.2) is 5.69 Å². The molecule has 2 atom stereocenters. The van der Waals surface area contributed by atoms with E-state index in [2.05, 4.69) is 15.7 Å². The molecular weight excluding hydrogens is 544 g/mol. The minimum Gasteiger partial charge on any atom is -0.441 e. The van der Waals surface area contributed by atoms with Gasteiger partial charge in [0.25, 0.3) is 5.91 Å². The van der Waals surface area contributed by atoms with Crippen LogP contribution in [0.25, 0.3) is 0 Å². The highest BCUT2D eigenvalue weighted by Crippen LogP contribution is 2.40. The number of anilines is 1. The van der Waals surface area contributed by atoms with E-state index in [1.807, 2.05) is 0 Å². The fourth-order valence-corrected chi connectivity index (χ4v) is 4.85. The SMILES string of the molecule is O=C(NN1CCCCC1)c1cn(CC2OC(=O)N(c3ccc(Cl)cc3)C2c2cc(F)cc(C(F)(F)F)c2)nn1. The van der Waals surface area contributed by atoms with E-state index in [-0.39, 0.29) is 23.5 Å². The van der Waals surface area contributed by atoms with Crippen LogP contribution in [0.2, 0.25) is 5.02 Å². The topological polar surface area (TPSA) is 92.6 Å². The van der Waals surface area contributed by atoms with Crippen LogP contribution in [0.1, 0.15) is 46.9 Å². The first-order valence-electron chi connectivity index (χ1n) is 12.2. The molecule has 0 spiro atoms. The highest BCUT2D eigenvalue weighted by molar-refractivity contribution is 6.30. The summed E-state index contributed by atoms with van der Waals surface area (Å²) < 4.78 is 61.7. The zero-order valence-corrected chi connectivity index (χ0v) is 21.1. The second-order valence-corrected chi connectivity index (χ2v) is 9.74. The smallest absolute Gasteiger partial charge is 0.416 e. The predicted octanol–water partition coefficient (Wildman–Crippen LogP) is 4.99. The molecule has 2 amide bonds. The van der Waals surface area contributed by atoms with Gasteiger partial charge < -0.3 is 4.74 Å². The van der Waals surface area contributed by atoms with Gasteiger partial charge >= 0.3 is 12.3 Å². The third-order valence-electron chi connectivity index (χ3n) is 6.53. The normalized spacial score (nSPS) is 20.2. The maximum Gasteiger partial charge on any atom is 0.416 e. The van der Waals surface area contributed by atoms with Crippen molar-refractivity contribution in [2.75, 3.05) is 18.0 Å². The van der Waals surface area contributed by atoms with Crippen molar-refractivity contribution in [3.8, 4) is 0 Å². The van der Waals surface area contributed by atoms with Crippen LogP contribution in [-0.2, 0) is 17.5 Å². The average Bonchev–Trinajstić information content (AvgIpc) is 3.48. The monoisotopic (exact) mass is 566 g/mol. The lowest BCUT2D eigenvalue weighted by Gasteiger charge is -2.26. The minimum absolute atomic E-state index is 0.0149. The molecule has 1 N–H and O–H groups in total. The number of amides is 2. The number of hydrogen-bond donors (Lipinski definition) is 1. The number of ether oxygens (including phenoxy) is 1. The van der Waals surface area contributed by atoms with Crippen molar-refractivity contribution in [3.63, 3.8) is 0 Å². The number of hydrazine groups is 1. The number of carbonyl (C=O) groups excluding carboxylic acids is 2. The second-order valence-electron chi connectivity index (χ2n) is 9.30. The van der Waals surface area contributed by atoms with E-state index < -0.39 is 41.7 Å². The molecule has 206 valence electrons. The largest absolute Gasteiger partial charge is 0.441 e. The number of nitrogens with one attached hydrogen (secondary N) is 1. The molecule has 5 rings (SSSR count). The second kappa shape index (κ2) is 10.8. The summed E-state index contributed by atoms with van der Waals surface area (Å²) in [7, 11) is 0. The lowest BCUT2D eigenvalue weighted by molar-refractivity contribution is -0.137. The van der Waals surface area contributed by atoms with Gasteiger partial charge in [-0.25, -0.2) is 18.9 Å². The van der Waals surface area contributed by atoms with Gasteiger partial charge in [0.2, 0.25) is 0 Å². The van der Waals surface area contributed by atoms with Gasteiger partial charge in [-0.2, -0.15) is 13.2 Å². The summed E-state index contributed by atoms with van der Waals surface area (Å²) in [6.45, 7) is 1.27. The Bertz CT molecular complexity index is 1360. The van der Waals surface area contributed by atoms with Crippen molar-refractivity contribution in [3.05, 3.63) is 76.3 Å². The summed E-state index contributed by atoms with van der Waals surface area (Å²) >= 11 is 5.96. The summed E-state index contributed by atoms with van der Waals surface area (Å²) in [4.78, 5) is 26.7. The van der Waals surface area contributed by atoms with Gasteiger partial charge in [-0.05, 0) is 60.9 Å². The maximum atomic E-state index is 14.4. The highest BCUT2D eigenvalue weighted by Gasteiger charge is 2.45. The van der Waals surface area contributed by atoms with Crippen LogP contribution >= 0.6 is 11.6 Å². The number of aromatic nitrogens is 3. The van der Waals surface area contributed by atoms with Gasteiger partial charge in [0.05, 0.1) is 18.3 Å². The third kappa shape index (κ3) is 5.98. The van der Waals surface area contributed by atoms with Crippen molar-refractivity contribution in [1.82, 2.24) is 25.4 Å². The first-order chi connectivity index (χ1) is 18.6. The number of hydrogen-bond acceptors (Lipinski definition) is 6. The summed E-state index contributed by atoms with van der Waals surface area (Å²) in [6.07, 6.45) is -2.41. The Balaban J connectivity index is 1.44. The number of rotatable bonds is 6. The Morgan fingerprint density at radius 2 is 1.82 bits per heavy atom. The van der Waals surface area contributed by atoms with E-state index in [0.717, 1.165) is 36.3 Å². The highest BCUT2D eigenvalue weighted by atomic mass is 35.5. The molecule has 0 radical (unpaired) electrons. The van der Waals surface area contributed by atoms with Gasteiger partial charge in [-0.15, -0.1) is 5.10 Å². The van der Waals surface area contributed by atoms with Crippen LogP contribution in [0.15, 0.2) is 48.7 Å². The Labute approximate surface area is 225 Å². The van der Waals surface area contributed by atoms with Crippen LogP contribution < -0.4 is 10.3 Å². The molecule has 2 saturated heterocycles. The molecule has 0 bridgehead atoms. The van der Waals surface area contributed by atoms with Gasteiger partial charge in [-0.3, -0.25) is 15.1 Å². The number of piperidine rings is 1. The molecular formula is C25H23ClF4N6O3.